The summed E-state index contributed by atoms with van der Waals surface area (Å²) in [6, 6.07) is 6.85. The fraction of sp³-hybridized carbons (Fsp3) is 0.0909. The van der Waals surface area contributed by atoms with Crippen LogP contribution in [0.5, 0.6) is 0 Å². The monoisotopic (exact) mass is 218 g/mol. The van der Waals surface area contributed by atoms with Gasteiger partial charge in [0.15, 0.2) is 5.43 Å². The van der Waals surface area contributed by atoms with Crippen LogP contribution < -0.4 is 16.5 Å². The molecule has 0 saturated heterocycles. The molecule has 82 valence electrons. The number of fused-ring (bicyclic) bond motifs is 1. The van der Waals surface area contributed by atoms with E-state index in [9.17, 15) is 9.59 Å². The van der Waals surface area contributed by atoms with E-state index in [1.54, 1.807) is 24.3 Å². The van der Waals surface area contributed by atoms with Gasteiger partial charge in [-0.15, -0.1) is 0 Å². The fourth-order valence-corrected chi connectivity index (χ4v) is 1.47. The minimum Gasteiger partial charge on any atom is -0.464 e. The third-order valence-corrected chi connectivity index (χ3v) is 2.29. The minimum atomic E-state index is -0.849. The molecule has 5 heteroatoms. The number of hydrogen-bond acceptors (Lipinski definition) is 4. The zero-order valence-corrected chi connectivity index (χ0v) is 8.34. The van der Waals surface area contributed by atoms with E-state index >= 15 is 0 Å². The molecule has 0 bridgehead atoms. The lowest BCUT2D eigenvalue weighted by atomic mass is 10.1. The number of amides is 1. The van der Waals surface area contributed by atoms with Gasteiger partial charge in [-0.1, -0.05) is 12.1 Å². The van der Waals surface area contributed by atoms with Crippen molar-refractivity contribution in [2.24, 2.45) is 5.73 Å². The van der Waals surface area contributed by atoms with E-state index in [4.69, 9.17) is 10.2 Å². The van der Waals surface area contributed by atoms with E-state index in [-0.39, 0.29) is 11.0 Å². The Balaban J connectivity index is 2.61. The smallest absolute Gasteiger partial charge is 0.208 e. The molecule has 0 aliphatic heterocycles. The topological polar surface area (TPSA) is 85.3 Å². The first-order valence-electron chi connectivity index (χ1n) is 4.70. The standard InChI is InChI=1S/C11H10N2O3/c12-11(13-6-14)8-5-16-9-4-2-1-3-7(9)10(8)15/h1-6,11H,12H2,(H,13,14). The number of nitrogens with two attached hydrogens (primary N) is 1. The number of carbonyl (C=O) groups excluding carboxylic acids is 1. The van der Waals surface area contributed by atoms with Crippen molar-refractivity contribution >= 4 is 17.4 Å². The van der Waals surface area contributed by atoms with Gasteiger partial charge in [0.25, 0.3) is 0 Å². The Bertz CT molecular complexity index is 577. The molecule has 1 atom stereocenters. The second kappa shape index (κ2) is 4.16. The molecular formula is C11H10N2O3. The average molecular weight is 218 g/mol. The molecule has 2 aromatic rings. The van der Waals surface area contributed by atoms with E-state index in [1.165, 1.54) is 6.26 Å². The van der Waals surface area contributed by atoms with Crippen LogP contribution in [0.1, 0.15) is 11.7 Å². The second-order valence-electron chi connectivity index (χ2n) is 3.28. The van der Waals surface area contributed by atoms with E-state index in [0.717, 1.165) is 0 Å². The summed E-state index contributed by atoms with van der Waals surface area (Å²) in [5.41, 5.74) is 6.08. The highest BCUT2D eigenvalue weighted by Crippen LogP contribution is 2.12. The van der Waals surface area contributed by atoms with Crippen molar-refractivity contribution in [3.63, 3.8) is 0 Å². The van der Waals surface area contributed by atoms with E-state index in [0.29, 0.717) is 17.4 Å². The normalized spacial score (nSPS) is 12.3. The molecule has 1 amide bonds. The molecule has 1 unspecified atom stereocenters. The summed E-state index contributed by atoms with van der Waals surface area (Å²) in [5.74, 6) is 0. The van der Waals surface area contributed by atoms with Crippen LogP contribution in [-0.2, 0) is 4.79 Å². The Labute approximate surface area is 90.9 Å². The molecule has 0 spiro atoms. The average Bonchev–Trinajstić information content (AvgIpc) is 2.30. The van der Waals surface area contributed by atoms with E-state index in [2.05, 4.69) is 5.32 Å². The predicted molar refractivity (Wildman–Crippen MR) is 58.6 cm³/mol. The maximum absolute atomic E-state index is 11.9. The van der Waals surface area contributed by atoms with Gasteiger partial charge in [-0.05, 0) is 12.1 Å². The van der Waals surface area contributed by atoms with Crippen molar-refractivity contribution in [1.29, 1.82) is 0 Å². The first-order valence-corrected chi connectivity index (χ1v) is 4.70. The van der Waals surface area contributed by atoms with Gasteiger partial charge in [-0.25, -0.2) is 0 Å². The van der Waals surface area contributed by atoms with Gasteiger partial charge in [0.05, 0.1) is 10.9 Å². The van der Waals surface area contributed by atoms with Gasteiger partial charge in [0, 0.05) is 0 Å². The van der Waals surface area contributed by atoms with Crippen molar-refractivity contribution in [3.05, 3.63) is 46.3 Å². The number of carbonyl (C=O) groups is 1. The highest BCUT2D eigenvalue weighted by atomic mass is 16.3. The summed E-state index contributed by atoms with van der Waals surface area (Å²) >= 11 is 0. The number of hydrogen-bond donors (Lipinski definition) is 2. The lowest BCUT2D eigenvalue weighted by Crippen LogP contribution is -2.31. The highest BCUT2D eigenvalue weighted by Gasteiger charge is 2.12. The van der Waals surface area contributed by atoms with Crippen LogP contribution in [0.15, 0.2) is 39.7 Å². The molecule has 1 aromatic heterocycles. The van der Waals surface area contributed by atoms with Crippen molar-refractivity contribution in [3.8, 4) is 0 Å². The number of rotatable bonds is 3. The van der Waals surface area contributed by atoms with Crippen molar-refractivity contribution in [2.75, 3.05) is 0 Å². The van der Waals surface area contributed by atoms with Crippen LogP contribution in [0, 0.1) is 0 Å². The highest BCUT2D eigenvalue weighted by molar-refractivity contribution is 5.76. The van der Waals surface area contributed by atoms with Gasteiger partial charge < -0.3 is 15.5 Å². The third-order valence-electron chi connectivity index (χ3n) is 2.29. The Morgan fingerprint density at radius 3 is 2.88 bits per heavy atom. The Kier molecular flexibility index (Phi) is 2.70. The second-order valence-corrected chi connectivity index (χ2v) is 3.28. The summed E-state index contributed by atoms with van der Waals surface area (Å²) < 4.78 is 5.26. The predicted octanol–water partition coefficient (Wildman–Crippen LogP) is 0.496. The van der Waals surface area contributed by atoms with Crippen LogP contribution >= 0.6 is 0 Å². The maximum Gasteiger partial charge on any atom is 0.208 e. The molecule has 0 radical (unpaired) electrons. The quantitative estimate of drug-likeness (QED) is 0.580. The van der Waals surface area contributed by atoms with Crippen LogP contribution in [0.2, 0.25) is 0 Å². The molecule has 0 aliphatic carbocycles. The zero-order valence-electron chi connectivity index (χ0n) is 8.34. The summed E-state index contributed by atoms with van der Waals surface area (Å²) in [7, 11) is 0. The Hall–Kier alpha value is -2.14. The van der Waals surface area contributed by atoms with Gasteiger partial charge in [-0.2, -0.15) is 0 Å². The first-order chi connectivity index (χ1) is 7.74. The molecule has 16 heavy (non-hydrogen) atoms. The van der Waals surface area contributed by atoms with Gasteiger partial charge in [-0.3, -0.25) is 9.59 Å². The molecule has 0 saturated carbocycles. The van der Waals surface area contributed by atoms with E-state index < -0.39 is 6.17 Å². The van der Waals surface area contributed by atoms with Crippen molar-refractivity contribution < 1.29 is 9.21 Å². The largest absolute Gasteiger partial charge is 0.464 e. The van der Waals surface area contributed by atoms with Crippen LogP contribution in [0.4, 0.5) is 0 Å². The summed E-state index contributed by atoms with van der Waals surface area (Å²) in [6.07, 6.45) is 0.865. The molecule has 3 N–H and O–H groups in total. The van der Waals surface area contributed by atoms with Crippen molar-refractivity contribution in [1.82, 2.24) is 5.32 Å². The molecular weight excluding hydrogens is 208 g/mol. The Morgan fingerprint density at radius 1 is 1.38 bits per heavy atom. The van der Waals surface area contributed by atoms with Gasteiger partial charge in [0.1, 0.15) is 18.0 Å². The maximum atomic E-state index is 11.9. The molecule has 1 heterocycles. The van der Waals surface area contributed by atoms with Crippen LogP contribution in [0.3, 0.4) is 0 Å². The fourth-order valence-electron chi connectivity index (χ4n) is 1.47. The zero-order chi connectivity index (χ0) is 11.5. The van der Waals surface area contributed by atoms with Crippen LogP contribution in [0.25, 0.3) is 11.0 Å². The first kappa shape index (κ1) is 10.4. The summed E-state index contributed by atoms with van der Waals surface area (Å²) in [6.45, 7) is 0. The molecule has 0 aliphatic rings. The number of para-hydroxylation sites is 1. The minimum absolute atomic E-state index is 0.228. The molecule has 0 fully saturated rings. The molecule has 2 rings (SSSR count). The molecule has 5 nitrogen and oxygen atoms in total. The Morgan fingerprint density at radius 2 is 2.12 bits per heavy atom. The van der Waals surface area contributed by atoms with Crippen LogP contribution in [-0.4, -0.2) is 6.41 Å². The summed E-state index contributed by atoms with van der Waals surface area (Å²) in [4.78, 5) is 22.2. The SMILES string of the molecule is NC(NC=O)c1coc2ccccc2c1=O. The van der Waals surface area contributed by atoms with E-state index in [1.807, 2.05) is 0 Å². The van der Waals surface area contributed by atoms with Crippen molar-refractivity contribution in [2.45, 2.75) is 6.17 Å². The lowest BCUT2D eigenvalue weighted by Gasteiger charge is -2.09. The third kappa shape index (κ3) is 1.68. The number of nitrogens with one attached hydrogen (secondary N) is 1. The van der Waals surface area contributed by atoms with Gasteiger partial charge >= 0.3 is 0 Å². The lowest BCUT2D eigenvalue weighted by molar-refractivity contribution is -0.110. The molecule has 1 aromatic carbocycles. The van der Waals surface area contributed by atoms with Gasteiger partial charge in [0.2, 0.25) is 6.41 Å². The number of benzene rings is 1. The summed E-state index contributed by atoms with van der Waals surface area (Å²) in [5, 5.41) is 2.75.